The summed E-state index contributed by atoms with van der Waals surface area (Å²) in [4.78, 5) is 13.3. The molecule has 0 heterocycles. The molecule has 4 aliphatic rings. The Morgan fingerprint density at radius 1 is 1.09 bits per heavy atom. The van der Waals surface area contributed by atoms with Crippen LogP contribution < -0.4 is 0 Å². The van der Waals surface area contributed by atoms with E-state index in [4.69, 9.17) is 4.74 Å². The smallest absolute Gasteiger partial charge is 0.159 e. The molecule has 0 amide bonds. The van der Waals surface area contributed by atoms with E-state index in [9.17, 15) is 30.3 Å². The molecule has 10 atom stereocenters. The predicted molar refractivity (Wildman–Crippen MR) is 131 cm³/mol. The van der Waals surface area contributed by atoms with Crippen LogP contribution >= 0.6 is 0 Å². The van der Waals surface area contributed by atoms with Crippen molar-refractivity contribution < 1.29 is 35.1 Å². The zero-order chi connectivity index (χ0) is 26.2. The number of allylic oxidation sites excluding steroid dienone is 1. The highest BCUT2D eigenvalue weighted by molar-refractivity contribution is 5.95. The molecule has 0 saturated heterocycles. The largest absolute Gasteiger partial charge is 0.390 e. The summed E-state index contributed by atoms with van der Waals surface area (Å²) in [5, 5.41) is 55.2. The number of fused-ring (bicyclic) bond motifs is 5. The van der Waals surface area contributed by atoms with Gasteiger partial charge < -0.3 is 30.3 Å². The number of aliphatic hydroxyl groups excluding tert-OH is 2. The number of carbonyl (C=O) groups is 1. The average Bonchev–Trinajstić information content (AvgIpc) is 3.02. The molecule has 0 aromatic carbocycles. The van der Waals surface area contributed by atoms with E-state index in [1.54, 1.807) is 34.0 Å². The minimum Gasteiger partial charge on any atom is -0.390 e. The molecule has 0 aromatic rings. The Morgan fingerprint density at radius 3 is 2.34 bits per heavy atom. The van der Waals surface area contributed by atoms with Crippen LogP contribution in [0, 0.1) is 28.6 Å². The van der Waals surface area contributed by atoms with E-state index in [-0.39, 0.29) is 30.0 Å². The summed E-state index contributed by atoms with van der Waals surface area (Å²) >= 11 is 0. The van der Waals surface area contributed by atoms with E-state index in [1.807, 2.05) is 13.8 Å². The number of hydrogen-bond acceptors (Lipinski definition) is 7. The van der Waals surface area contributed by atoms with E-state index < -0.39 is 45.9 Å². The van der Waals surface area contributed by atoms with E-state index in [0.717, 1.165) is 12.0 Å². The fourth-order valence-corrected chi connectivity index (χ4v) is 8.66. The number of ether oxygens (including phenoxy) is 1. The minimum atomic E-state index is -1.23. The van der Waals surface area contributed by atoms with Gasteiger partial charge in [-0.3, -0.25) is 4.79 Å². The Kier molecular flexibility index (Phi) is 6.69. The van der Waals surface area contributed by atoms with Gasteiger partial charge in [-0.25, -0.2) is 0 Å². The first-order valence-electron chi connectivity index (χ1n) is 13.3. The van der Waals surface area contributed by atoms with Crippen molar-refractivity contribution in [3.8, 4) is 0 Å². The van der Waals surface area contributed by atoms with Gasteiger partial charge in [-0.2, -0.15) is 0 Å². The second-order valence-corrected chi connectivity index (χ2v) is 13.4. The van der Waals surface area contributed by atoms with Crippen molar-refractivity contribution in [2.75, 3.05) is 7.11 Å². The van der Waals surface area contributed by atoms with Gasteiger partial charge in [-0.15, -0.1) is 0 Å². The van der Waals surface area contributed by atoms with Crippen LogP contribution in [0.5, 0.6) is 0 Å². The molecule has 5 N–H and O–H groups in total. The maximum absolute atomic E-state index is 13.3. The Morgan fingerprint density at radius 2 is 1.74 bits per heavy atom. The molecule has 4 aliphatic carbocycles. The quantitative estimate of drug-likeness (QED) is 0.384. The molecule has 200 valence electrons. The van der Waals surface area contributed by atoms with Crippen LogP contribution in [0.3, 0.4) is 0 Å². The van der Waals surface area contributed by atoms with Gasteiger partial charge in [0.25, 0.3) is 0 Å². The van der Waals surface area contributed by atoms with Gasteiger partial charge in [0, 0.05) is 18.4 Å². The molecule has 0 spiro atoms. The third-order valence-electron chi connectivity index (χ3n) is 10.8. The van der Waals surface area contributed by atoms with E-state index >= 15 is 0 Å². The van der Waals surface area contributed by atoms with Crippen LogP contribution in [-0.2, 0) is 9.53 Å². The Bertz CT molecular complexity index is 875. The van der Waals surface area contributed by atoms with Gasteiger partial charge in [-0.05, 0) is 101 Å². The molecular formula is C28H46O7. The zero-order valence-corrected chi connectivity index (χ0v) is 22.3. The number of aliphatic hydroxyl groups is 5. The standard InChI is InChI=1S/C28H46O7/c1-24(2,32)10-9-23(35-6)27(5,33)22-8-12-28(34)17-13-19(29)18-14-20(30)21(31)15-25(18,3)16(17)7-11-26(22,28)4/h13,16,18,20-23,30-34H,7-12,14-15H2,1-6H3/t16-,18-,20+,21-,22-,23?,25+,26+,27+,28+/m0/s1. The summed E-state index contributed by atoms with van der Waals surface area (Å²) in [5.74, 6) is -0.740. The van der Waals surface area contributed by atoms with Crippen molar-refractivity contribution in [1.82, 2.24) is 0 Å². The van der Waals surface area contributed by atoms with Gasteiger partial charge in [0.15, 0.2) is 5.78 Å². The molecule has 1 unspecified atom stereocenters. The molecule has 35 heavy (non-hydrogen) atoms. The molecule has 3 fully saturated rings. The Labute approximate surface area is 209 Å². The van der Waals surface area contributed by atoms with Crippen LogP contribution in [-0.4, -0.2) is 73.5 Å². The van der Waals surface area contributed by atoms with Crippen molar-refractivity contribution in [2.24, 2.45) is 28.6 Å². The van der Waals surface area contributed by atoms with Crippen molar-refractivity contribution in [2.45, 2.75) is 121 Å². The molecule has 4 rings (SSSR count). The van der Waals surface area contributed by atoms with E-state index in [0.29, 0.717) is 38.5 Å². The molecule has 0 bridgehead atoms. The highest BCUT2D eigenvalue weighted by Crippen LogP contribution is 2.68. The summed E-state index contributed by atoms with van der Waals surface area (Å²) in [6, 6.07) is 0. The SMILES string of the molecule is COC(CCC(C)(C)O)[C@](C)(O)[C@H]1CC[C@@]2(O)C3=CC(=O)[C@@H]4C[C@@H](O)[C@@H](O)C[C@]4(C)[C@H]3CC[C@]12C. The number of ketones is 1. The summed E-state index contributed by atoms with van der Waals surface area (Å²) in [6.07, 6.45) is 3.40. The summed E-state index contributed by atoms with van der Waals surface area (Å²) in [6.45, 7) is 9.35. The molecule has 0 aliphatic heterocycles. The highest BCUT2D eigenvalue weighted by Gasteiger charge is 2.69. The second kappa shape index (κ2) is 8.60. The second-order valence-electron chi connectivity index (χ2n) is 13.4. The summed E-state index contributed by atoms with van der Waals surface area (Å²) in [7, 11) is 1.58. The van der Waals surface area contributed by atoms with Crippen molar-refractivity contribution in [3.05, 3.63) is 11.6 Å². The maximum Gasteiger partial charge on any atom is 0.159 e. The zero-order valence-electron chi connectivity index (χ0n) is 22.3. The summed E-state index contributed by atoms with van der Waals surface area (Å²) < 4.78 is 5.75. The van der Waals surface area contributed by atoms with Crippen LogP contribution in [0.25, 0.3) is 0 Å². The predicted octanol–water partition coefficient (Wildman–Crippen LogP) is 2.51. The topological polar surface area (TPSA) is 127 Å². The first kappa shape index (κ1) is 27.2. The van der Waals surface area contributed by atoms with Gasteiger partial charge in [-0.1, -0.05) is 13.8 Å². The first-order chi connectivity index (χ1) is 16.0. The lowest BCUT2D eigenvalue weighted by atomic mass is 9.45. The fraction of sp³-hybridized carbons (Fsp3) is 0.893. The van der Waals surface area contributed by atoms with Crippen molar-refractivity contribution >= 4 is 5.78 Å². The third kappa shape index (κ3) is 4.05. The van der Waals surface area contributed by atoms with Crippen LogP contribution in [0.4, 0.5) is 0 Å². The molecule has 3 saturated carbocycles. The molecule has 7 heteroatoms. The summed E-state index contributed by atoms with van der Waals surface area (Å²) in [5.41, 5.74) is -3.75. The van der Waals surface area contributed by atoms with Gasteiger partial charge in [0.1, 0.15) is 0 Å². The van der Waals surface area contributed by atoms with Crippen LogP contribution in [0.2, 0.25) is 0 Å². The maximum atomic E-state index is 13.3. The van der Waals surface area contributed by atoms with Crippen LogP contribution in [0.15, 0.2) is 11.6 Å². The Hall–Kier alpha value is -0.830. The lowest BCUT2D eigenvalue weighted by Crippen LogP contribution is -2.63. The fourth-order valence-electron chi connectivity index (χ4n) is 8.66. The van der Waals surface area contributed by atoms with E-state index in [1.165, 1.54) is 0 Å². The monoisotopic (exact) mass is 494 g/mol. The lowest BCUT2D eigenvalue weighted by molar-refractivity contribution is -0.181. The third-order valence-corrected chi connectivity index (χ3v) is 10.8. The number of carbonyl (C=O) groups excluding carboxylic acids is 1. The minimum absolute atomic E-state index is 0.0532. The molecule has 0 aromatic heterocycles. The average molecular weight is 495 g/mol. The lowest BCUT2D eigenvalue weighted by Gasteiger charge is -2.60. The normalized spacial score (nSPS) is 46.2. The highest BCUT2D eigenvalue weighted by atomic mass is 16.5. The van der Waals surface area contributed by atoms with Crippen molar-refractivity contribution in [3.63, 3.8) is 0 Å². The van der Waals surface area contributed by atoms with Crippen molar-refractivity contribution in [1.29, 1.82) is 0 Å². The number of rotatable bonds is 6. The first-order valence-corrected chi connectivity index (χ1v) is 13.3. The number of methoxy groups -OCH3 is 1. The molecule has 0 radical (unpaired) electrons. The van der Waals surface area contributed by atoms with Gasteiger partial charge >= 0.3 is 0 Å². The molecule has 7 nitrogen and oxygen atoms in total. The van der Waals surface area contributed by atoms with Gasteiger partial charge in [0.05, 0.1) is 35.1 Å². The number of hydrogen-bond donors (Lipinski definition) is 5. The van der Waals surface area contributed by atoms with Crippen LogP contribution in [0.1, 0.15) is 86.0 Å². The Balaban J connectivity index is 1.68. The van der Waals surface area contributed by atoms with Gasteiger partial charge in [0.2, 0.25) is 0 Å². The van der Waals surface area contributed by atoms with E-state index in [2.05, 4.69) is 0 Å². The molecular weight excluding hydrogens is 448 g/mol.